The monoisotopic (exact) mass is 467 g/mol. The second-order valence-corrected chi connectivity index (χ2v) is 7.74. The Morgan fingerprint density at radius 2 is 1.81 bits per heavy atom. The van der Waals surface area contributed by atoms with Crippen LogP contribution in [0.4, 0.5) is 11.4 Å². The van der Waals surface area contributed by atoms with E-state index in [1.165, 1.54) is 6.08 Å². The van der Waals surface area contributed by atoms with Gasteiger partial charge in [0, 0.05) is 34.5 Å². The standard InChI is InChI=1S/C24H22ClN3O3S/c1-3-22(29)26-17-5-4-6-18(14-17)27-24(32)28-23(30)12-10-19-9-11-21(31-19)16-8-7-15(2)20(25)13-16/h4-14H,3H2,1-2H3,(H,26,29)(H2,27,28,30,32)/b12-10+. The Balaban J connectivity index is 1.56. The number of thiocarbonyl (C=S) groups is 1. The highest BCUT2D eigenvalue weighted by Crippen LogP contribution is 2.27. The Hall–Kier alpha value is -3.42. The molecule has 0 saturated heterocycles. The van der Waals surface area contributed by atoms with Gasteiger partial charge in [0.1, 0.15) is 11.5 Å². The molecule has 8 heteroatoms. The number of carbonyl (C=O) groups is 2. The van der Waals surface area contributed by atoms with Gasteiger partial charge in [-0.15, -0.1) is 0 Å². The zero-order valence-electron chi connectivity index (χ0n) is 17.6. The lowest BCUT2D eigenvalue weighted by molar-refractivity contribution is -0.116. The van der Waals surface area contributed by atoms with Crippen molar-refractivity contribution in [3.63, 3.8) is 0 Å². The van der Waals surface area contributed by atoms with E-state index in [4.69, 9.17) is 28.2 Å². The van der Waals surface area contributed by atoms with Crippen molar-refractivity contribution in [1.29, 1.82) is 0 Å². The summed E-state index contributed by atoms with van der Waals surface area (Å²) < 4.78 is 5.76. The molecule has 2 amide bonds. The maximum Gasteiger partial charge on any atom is 0.250 e. The van der Waals surface area contributed by atoms with Crippen molar-refractivity contribution in [2.75, 3.05) is 10.6 Å². The summed E-state index contributed by atoms with van der Waals surface area (Å²) in [6.07, 6.45) is 3.27. The molecule has 0 aliphatic rings. The maximum absolute atomic E-state index is 12.2. The molecule has 0 aliphatic carbocycles. The van der Waals surface area contributed by atoms with E-state index in [1.807, 2.05) is 31.2 Å². The first-order valence-corrected chi connectivity index (χ1v) is 10.7. The number of anilines is 2. The van der Waals surface area contributed by atoms with Gasteiger partial charge in [-0.1, -0.05) is 36.7 Å². The lowest BCUT2D eigenvalue weighted by Crippen LogP contribution is -2.32. The van der Waals surface area contributed by atoms with Gasteiger partial charge in [-0.25, -0.2) is 0 Å². The first-order valence-electron chi connectivity index (χ1n) is 9.90. The molecule has 0 spiro atoms. The lowest BCUT2D eigenvalue weighted by Gasteiger charge is -2.10. The minimum Gasteiger partial charge on any atom is -0.457 e. The maximum atomic E-state index is 12.2. The van der Waals surface area contributed by atoms with Crippen molar-refractivity contribution in [2.45, 2.75) is 20.3 Å². The number of amides is 2. The molecule has 1 heterocycles. The molecule has 0 aliphatic heterocycles. The lowest BCUT2D eigenvalue weighted by atomic mass is 10.1. The summed E-state index contributed by atoms with van der Waals surface area (Å²) in [5.74, 6) is 0.674. The SMILES string of the molecule is CCC(=O)Nc1cccc(NC(=S)NC(=O)/C=C/c2ccc(-c3ccc(C)c(Cl)c3)o2)c1. The Bertz CT molecular complexity index is 1190. The van der Waals surface area contributed by atoms with Crippen molar-refractivity contribution in [3.05, 3.63) is 77.0 Å². The van der Waals surface area contributed by atoms with Crippen LogP contribution in [0.2, 0.25) is 5.02 Å². The van der Waals surface area contributed by atoms with E-state index in [0.29, 0.717) is 34.3 Å². The van der Waals surface area contributed by atoms with Crippen LogP contribution >= 0.6 is 23.8 Å². The third-order valence-electron chi connectivity index (χ3n) is 4.44. The van der Waals surface area contributed by atoms with E-state index in [-0.39, 0.29) is 11.0 Å². The van der Waals surface area contributed by atoms with Crippen LogP contribution in [0.5, 0.6) is 0 Å². The molecule has 0 saturated carbocycles. The summed E-state index contributed by atoms with van der Waals surface area (Å²) in [5.41, 5.74) is 3.12. The summed E-state index contributed by atoms with van der Waals surface area (Å²) in [6.45, 7) is 3.71. The van der Waals surface area contributed by atoms with Crippen LogP contribution in [0.1, 0.15) is 24.7 Å². The van der Waals surface area contributed by atoms with E-state index in [2.05, 4.69) is 16.0 Å². The summed E-state index contributed by atoms with van der Waals surface area (Å²) >= 11 is 11.4. The number of nitrogens with one attached hydrogen (secondary N) is 3. The number of furan rings is 1. The van der Waals surface area contributed by atoms with Gasteiger partial charge in [0.2, 0.25) is 11.8 Å². The van der Waals surface area contributed by atoms with Crippen LogP contribution in [-0.2, 0) is 9.59 Å². The summed E-state index contributed by atoms with van der Waals surface area (Å²) in [7, 11) is 0. The van der Waals surface area contributed by atoms with Crippen molar-refractivity contribution in [3.8, 4) is 11.3 Å². The second-order valence-electron chi connectivity index (χ2n) is 6.93. The van der Waals surface area contributed by atoms with Gasteiger partial charge < -0.3 is 15.1 Å². The number of hydrogen-bond donors (Lipinski definition) is 3. The van der Waals surface area contributed by atoms with Gasteiger partial charge in [-0.05, 0) is 67.2 Å². The van der Waals surface area contributed by atoms with Gasteiger partial charge >= 0.3 is 0 Å². The van der Waals surface area contributed by atoms with Crippen molar-refractivity contribution in [2.24, 2.45) is 0 Å². The van der Waals surface area contributed by atoms with Crippen LogP contribution in [-0.4, -0.2) is 16.9 Å². The van der Waals surface area contributed by atoms with Crippen LogP contribution in [0.15, 0.2) is 65.1 Å². The fourth-order valence-electron chi connectivity index (χ4n) is 2.74. The molecule has 0 radical (unpaired) electrons. The van der Waals surface area contributed by atoms with E-state index in [9.17, 15) is 9.59 Å². The average Bonchev–Trinajstić information content (AvgIpc) is 3.23. The number of aryl methyl sites for hydroxylation is 1. The molecular weight excluding hydrogens is 446 g/mol. The van der Waals surface area contributed by atoms with E-state index < -0.39 is 5.91 Å². The molecule has 0 unspecified atom stereocenters. The Morgan fingerprint density at radius 3 is 2.53 bits per heavy atom. The van der Waals surface area contributed by atoms with Crippen molar-refractivity contribution >= 4 is 58.2 Å². The Morgan fingerprint density at radius 1 is 1.06 bits per heavy atom. The van der Waals surface area contributed by atoms with E-state index in [1.54, 1.807) is 43.3 Å². The fraction of sp³-hybridized carbons (Fsp3) is 0.125. The molecule has 3 N–H and O–H groups in total. The van der Waals surface area contributed by atoms with E-state index >= 15 is 0 Å². The molecule has 0 bridgehead atoms. The van der Waals surface area contributed by atoms with Gasteiger partial charge in [0.05, 0.1) is 0 Å². The van der Waals surface area contributed by atoms with Crippen LogP contribution < -0.4 is 16.0 Å². The van der Waals surface area contributed by atoms with Gasteiger partial charge in [0.15, 0.2) is 5.11 Å². The smallest absolute Gasteiger partial charge is 0.250 e. The number of hydrogen-bond acceptors (Lipinski definition) is 4. The van der Waals surface area contributed by atoms with E-state index in [0.717, 1.165) is 11.1 Å². The predicted molar refractivity (Wildman–Crippen MR) is 133 cm³/mol. The fourth-order valence-corrected chi connectivity index (χ4v) is 3.14. The molecule has 2 aromatic carbocycles. The number of carbonyl (C=O) groups excluding carboxylic acids is 2. The summed E-state index contributed by atoms with van der Waals surface area (Å²) in [6, 6.07) is 16.3. The van der Waals surface area contributed by atoms with Gasteiger partial charge in [0.25, 0.3) is 0 Å². The third-order valence-corrected chi connectivity index (χ3v) is 5.06. The van der Waals surface area contributed by atoms with Crippen LogP contribution in [0, 0.1) is 6.92 Å². The first-order chi connectivity index (χ1) is 15.3. The molecule has 32 heavy (non-hydrogen) atoms. The first kappa shape index (κ1) is 23.2. The van der Waals surface area contributed by atoms with Crippen molar-refractivity contribution < 1.29 is 14.0 Å². The van der Waals surface area contributed by atoms with Crippen molar-refractivity contribution in [1.82, 2.24) is 5.32 Å². The number of halogens is 1. The third kappa shape index (κ3) is 6.54. The molecule has 164 valence electrons. The highest BCUT2D eigenvalue weighted by Gasteiger charge is 2.07. The second kappa shape index (κ2) is 10.7. The molecule has 6 nitrogen and oxygen atoms in total. The topological polar surface area (TPSA) is 83.4 Å². The highest BCUT2D eigenvalue weighted by molar-refractivity contribution is 7.80. The van der Waals surface area contributed by atoms with Crippen LogP contribution in [0.3, 0.4) is 0 Å². The largest absolute Gasteiger partial charge is 0.457 e. The Kier molecular flexibility index (Phi) is 7.81. The van der Waals surface area contributed by atoms with Gasteiger partial charge in [-0.3, -0.25) is 14.9 Å². The minimum atomic E-state index is -0.408. The normalized spacial score (nSPS) is 10.7. The molecule has 0 atom stereocenters. The van der Waals surface area contributed by atoms with Gasteiger partial charge in [-0.2, -0.15) is 0 Å². The minimum absolute atomic E-state index is 0.0882. The molecule has 0 fully saturated rings. The molecule has 3 aromatic rings. The highest BCUT2D eigenvalue weighted by atomic mass is 35.5. The van der Waals surface area contributed by atoms with Crippen LogP contribution in [0.25, 0.3) is 17.4 Å². The number of rotatable bonds is 6. The number of benzene rings is 2. The Labute approximate surface area is 196 Å². The zero-order chi connectivity index (χ0) is 23.1. The summed E-state index contributed by atoms with van der Waals surface area (Å²) in [5, 5.41) is 9.05. The quantitative estimate of drug-likeness (QED) is 0.316. The predicted octanol–water partition coefficient (Wildman–Crippen LogP) is 5.78. The molecular formula is C24H22ClN3O3S. The average molecular weight is 468 g/mol. The zero-order valence-corrected chi connectivity index (χ0v) is 19.1. The summed E-state index contributed by atoms with van der Waals surface area (Å²) in [4.78, 5) is 23.7. The molecule has 1 aromatic heterocycles. The molecule has 3 rings (SSSR count).